The Hall–Kier alpha value is -2.37. The van der Waals surface area contributed by atoms with Crippen LogP contribution in [-0.4, -0.2) is 18.0 Å². The quantitative estimate of drug-likeness (QED) is 0.483. The maximum atomic E-state index is 11.7. The van der Waals surface area contributed by atoms with E-state index in [-0.39, 0.29) is 0 Å². The maximum absolute atomic E-state index is 11.7. The summed E-state index contributed by atoms with van der Waals surface area (Å²) in [7, 11) is 0. The third kappa shape index (κ3) is 6.02. The molecule has 0 aromatic heterocycles. The second kappa shape index (κ2) is 9.05. The van der Waals surface area contributed by atoms with Crippen LogP contribution in [0.25, 0.3) is 0 Å². The van der Waals surface area contributed by atoms with Crippen molar-refractivity contribution in [2.75, 3.05) is 5.32 Å². The molecule has 0 aliphatic heterocycles. The molecule has 0 fully saturated rings. The Bertz CT molecular complexity index is 729. The molecular formula is C17H15Cl2N3O2. The van der Waals surface area contributed by atoms with Gasteiger partial charge in [-0.15, -0.1) is 0 Å². The minimum absolute atomic E-state index is 0.334. The number of benzene rings is 2. The molecule has 0 heterocycles. The van der Waals surface area contributed by atoms with Gasteiger partial charge in [0, 0.05) is 21.9 Å². The summed E-state index contributed by atoms with van der Waals surface area (Å²) in [5, 5.41) is 6.86. The zero-order chi connectivity index (χ0) is 17.4. The first kappa shape index (κ1) is 18.0. The Balaban J connectivity index is 1.77. The number of carbonyl (C=O) groups is 2. The molecule has 2 aromatic carbocycles. The minimum Gasteiger partial charge on any atom is -0.318 e. The summed E-state index contributed by atoms with van der Waals surface area (Å²) in [5.41, 5.74) is 3.68. The number of nitrogens with one attached hydrogen (secondary N) is 2. The van der Waals surface area contributed by atoms with Gasteiger partial charge in [-0.2, -0.15) is 5.10 Å². The van der Waals surface area contributed by atoms with Gasteiger partial charge < -0.3 is 5.32 Å². The topological polar surface area (TPSA) is 70.6 Å². The molecule has 0 aliphatic rings. The van der Waals surface area contributed by atoms with Crippen molar-refractivity contribution < 1.29 is 9.59 Å². The second-order valence-corrected chi connectivity index (χ2v) is 5.76. The van der Waals surface area contributed by atoms with Crippen LogP contribution < -0.4 is 10.7 Å². The molecule has 2 rings (SSSR count). The summed E-state index contributed by atoms with van der Waals surface area (Å²) in [6.45, 7) is 0. The smallest absolute Gasteiger partial charge is 0.318 e. The summed E-state index contributed by atoms with van der Waals surface area (Å²) in [6.07, 6.45) is 3.00. The number of nitrogens with zero attached hydrogens (tertiary/aromatic N) is 1. The molecule has 0 radical (unpaired) electrons. The van der Waals surface area contributed by atoms with Crippen LogP contribution in [0, 0.1) is 0 Å². The highest BCUT2D eigenvalue weighted by atomic mass is 35.5. The van der Waals surface area contributed by atoms with E-state index in [1.165, 1.54) is 23.8 Å². The van der Waals surface area contributed by atoms with Crippen LogP contribution in [0.15, 0.2) is 53.6 Å². The van der Waals surface area contributed by atoms with Crippen molar-refractivity contribution in [3.63, 3.8) is 0 Å². The average molecular weight is 364 g/mol. The van der Waals surface area contributed by atoms with Gasteiger partial charge in [0.1, 0.15) is 0 Å². The highest BCUT2D eigenvalue weighted by Gasteiger charge is 2.13. The molecule has 0 saturated carbocycles. The standard InChI is InChI=1S/C17H15Cl2N3O2/c18-13-9-14(19)11-15(10-13)21-16(23)17(24)22-20-8-4-7-12-5-2-1-3-6-12/h1-3,5-6,8-11H,4,7H2,(H,21,23)(H,22,24)/b20-8+. The molecule has 24 heavy (non-hydrogen) atoms. The van der Waals surface area contributed by atoms with E-state index in [1.54, 1.807) is 6.21 Å². The Morgan fingerprint density at radius 3 is 2.33 bits per heavy atom. The molecular weight excluding hydrogens is 349 g/mol. The van der Waals surface area contributed by atoms with Crippen LogP contribution in [0.2, 0.25) is 10.0 Å². The molecule has 0 saturated heterocycles. The normalized spacial score (nSPS) is 10.6. The first-order valence-electron chi connectivity index (χ1n) is 7.17. The summed E-state index contributed by atoms with van der Waals surface area (Å²) in [6, 6.07) is 14.4. The van der Waals surface area contributed by atoms with E-state index < -0.39 is 11.8 Å². The highest BCUT2D eigenvalue weighted by Crippen LogP contribution is 2.22. The lowest BCUT2D eigenvalue weighted by atomic mass is 10.1. The molecule has 0 atom stereocenters. The van der Waals surface area contributed by atoms with E-state index in [4.69, 9.17) is 23.2 Å². The molecule has 5 nitrogen and oxygen atoms in total. The zero-order valence-electron chi connectivity index (χ0n) is 12.6. The van der Waals surface area contributed by atoms with Crippen LogP contribution in [0.1, 0.15) is 12.0 Å². The van der Waals surface area contributed by atoms with Gasteiger partial charge in [-0.1, -0.05) is 53.5 Å². The van der Waals surface area contributed by atoms with Crippen molar-refractivity contribution in [3.05, 3.63) is 64.1 Å². The number of carbonyl (C=O) groups excluding carboxylic acids is 2. The third-order valence-corrected chi connectivity index (χ3v) is 3.43. The number of amides is 2. The van der Waals surface area contributed by atoms with Crippen molar-refractivity contribution in [1.82, 2.24) is 5.43 Å². The number of anilines is 1. The van der Waals surface area contributed by atoms with Crippen molar-refractivity contribution in [2.45, 2.75) is 12.8 Å². The third-order valence-electron chi connectivity index (χ3n) is 2.99. The molecule has 0 spiro atoms. The number of halogens is 2. The lowest BCUT2D eigenvalue weighted by molar-refractivity contribution is -0.136. The van der Waals surface area contributed by atoms with E-state index in [0.29, 0.717) is 22.2 Å². The fourth-order valence-electron chi connectivity index (χ4n) is 1.91. The fraction of sp³-hybridized carbons (Fsp3) is 0.118. The van der Waals surface area contributed by atoms with E-state index in [0.717, 1.165) is 6.42 Å². The summed E-state index contributed by atoms with van der Waals surface area (Å²) in [4.78, 5) is 23.4. The number of hydrogen-bond acceptors (Lipinski definition) is 3. The monoisotopic (exact) mass is 363 g/mol. The Morgan fingerprint density at radius 1 is 1.00 bits per heavy atom. The van der Waals surface area contributed by atoms with Crippen molar-refractivity contribution in [3.8, 4) is 0 Å². The Labute approximate surface area is 149 Å². The first-order valence-corrected chi connectivity index (χ1v) is 7.93. The van der Waals surface area contributed by atoms with Gasteiger partial charge in [-0.25, -0.2) is 5.43 Å². The molecule has 0 aliphatic carbocycles. The van der Waals surface area contributed by atoms with Gasteiger partial charge in [0.25, 0.3) is 0 Å². The van der Waals surface area contributed by atoms with Crippen LogP contribution >= 0.6 is 23.2 Å². The van der Waals surface area contributed by atoms with Crippen LogP contribution in [0.5, 0.6) is 0 Å². The van der Waals surface area contributed by atoms with Gasteiger partial charge in [-0.3, -0.25) is 9.59 Å². The second-order valence-electron chi connectivity index (χ2n) is 4.89. The summed E-state index contributed by atoms with van der Waals surface area (Å²) < 4.78 is 0. The van der Waals surface area contributed by atoms with Crippen molar-refractivity contribution in [1.29, 1.82) is 0 Å². The predicted molar refractivity (Wildman–Crippen MR) is 96.5 cm³/mol. The van der Waals surface area contributed by atoms with Crippen LogP contribution in [0.4, 0.5) is 5.69 Å². The summed E-state index contributed by atoms with van der Waals surface area (Å²) >= 11 is 11.6. The average Bonchev–Trinajstić information content (AvgIpc) is 2.54. The Morgan fingerprint density at radius 2 is 1.67 bits per heavy atom. The lowest BCUT2D eigenvalue weighted by Crippen LogP contribution is -2.32. The van der Waals surface area contributed by atoms with E-state index in [9.17, 15) is 9.59 Å². The van der Waals surface area contributed by atoms with Crippen molar-refractivity contribution in [2.24, 2.45) is 5.10 Å². The highest BCUT2D eigenvalue weighted by molar-refractivity contribution is 6.40. The number of aryl methyl sites for hydroxylation is 1. The van der Waals surface area contributed by atoms with E-state index >= 15 is 0 Å². The number of hydrogen-bond donors (Lipinski definition) is 2. The first-order chi connectivity index (χ1) is 11.5. The molecule has 2 aromatic rings. The van der Waals surface area contributed by atoms with E-state index in [2.05, 4.69) is 15.8 Å². The largest absolute Gasteiger partial charge is 0.329 e. The summed E-state index contributed by atoms with van der Waals surface area (Å²) in [5.74, 6) is -1.73. The van der Waals surface area contributed by atoms with Crippen LogP contribution in [0.3, 0.4) is 0 Å². The van der Waals surface area contributed by atoms with E-state index in [1.807, 2.05) is 30.3 Å². The number of hydrazone groups is 1. The molecule has 124 valence electrons. The number of rotatable bonds is 5. The molecule has 2 amide bonds. The predicted octanol–water partition coefficient (Wildman–Crippen LogP) is 3.67. The van der Waals surface area contributed by atoms with Gasteiger partial charge in [0.2, 0.25) is 0 Å². The van der Waals surface area contributed by atoms with Gasteiger partial charge in [0.05, 0.1) is 0 Å². The zero-order valence-corrected chi connectivity index (χ0v) is 14.1. The van der Waals surface area contributed by atoms with Gasteiger partial charge in [0.15, 0.2) is 0 Å². The van der Waals surface area contributed by atoms with Gasteiger partial charge in [-0.05, 0) is 36.6 Å². The Kier molecular flexibility index (Phi) is 6.78. The molecule has 0 bridgehead atoms. The molecule has 7 heteroatoms. The lowest BCUT2D eigenvalue weighted by Gasteiger charge is -2.05. The van der Waals surface area contributed by atoms with Crippen LogP contribution in [-0.2, 0) is 16.0 Å². The fourth-order valence-corrected chi connectivity index (χ4v) is 2.44. The molecule has 0 unspecified atom stereocenters. The van der Waals surface area contributed by atoms with Gasteiger partial charge >= 0.3 is 11.8 Å². The maximum Gasteiger partial charge on any atom is 0.329 e. The molecule has 2 N–H and O–H groups in total. The minimum atomic E-state index is -0.873. The van der Waals surface area contributed by atoms with Crippen molar-refractivity contribution >= 4 is 46.9 Å². The SMILES string of the molecule is O=C(N/N=C/CCc1ccccc1)C(=O)Nc1cc(Cl)cc(Cl)c1.